The van der Waals surface area contributed by atoms with Gasteiger partial charge in [-0.05, 0) is 55.2 Å². The summed E-state index contributed by atoms with van der Waals surface area (Å²) in [5.74, 6) is 0.707. The molecule has 0 N–H and O–H groups in total. The van der Waals surface area contributed by atoms with Crippen molar-refractivity contribution in [2.45, 2.75) is 38.0 Å². The molecule has 0 unspecified atom stereocenters. The number of halogens is 3. The molecular weight excluding hydrogens is 303 g/mol. The number of hydrogen-bond donors (Lipinski definition) is 0. The molecule has 0 bridgehead atoms. The maximum absolute atomic E-state index is 12.1. The zero-order chi connectivity index (χ0) is 16.7. The predicted molar refractivity (Wildman–Crippen MR) is 81.7 cm³/mol. The second-order valence-electron chi connectivity index (χ2n) is 5.60. The number of ether oxygens (including phenoxy) is 1. The van der Waals surface area contributed by atoms with Crippen LogP contribution in [0.1, 0.15) is 37.2 Å². The van der Waals surface area contributed by atoms with Gasteiger partial charge in [0.2, 0.25) is 0 Å². The second-order valence-corrected chi connectivity index (χ2v) is 5.60. The summed E-state index contributed by atoms with van der Waals surface area (Å²) in [5.41, 5.74) is 1.06. The van der Waals surface area contributed by atoms with Crippen molar-refractivity contribution in [1.82, 2.24) is 0 Å². The van der Waals surface area contributed by atoms with Crippen LogP contribution in [0, 0.1) is 17.2 Å². The van der Waals surface area contributed by atoms with Gasteiger partial charge in [0, 0.05) is 6.08 Å². The lowest BCUT2D eigenvalue weighted by atomic mass is 9.78. The van der Waals surface area contributed by atoms with E-state index in [1.165, 1.54) is 18.2 Å². The number of nitriles is 1. The van der Waals surface area contributed by atoms with E-state index in [9.17, 15) is 13.2 Å². The van der Waals surface area contributed by atoms with Crippen molar-refractivity contribution in [1.29, 1.82) is 5.26 Å². The van der Waals surface area contributed by atoms with Crippen LogP contribution in [-0.4, -0.2) is 6.36 Å². The molecule has 0 amide bonds. The minimum absolute atomic E-state index is 0.179. The highest BCUT2D eigenvalue weighted by Crippen LogP contribution is 2.37. The van der Waals surface area contributed by atoms with Gasteiger partial charge in [-0.25, -0.2) is 0 Å². The molecule has 0 aliphatic heterocycles. The average Bonchev–Trinajstić information content (AvgIpc) is 2.52. The van der Waals surface area contributed by atoms with E-state index >= 15 is 0 Å². The van der Waals surface area contributed by atoms with Crippen molar-refractivity contribution in [3.8, 4) is 11.8 Å². The van der Waals surface area contributed by atoms with E-state index in [1.807, 2.05) is 12.1 Å². The first-order chi connectivity index (χ1) is 11.0. The Balaban J connectivity index is 1.87. The molecule has 0 aromatic heterocycles. The summed E-state index contributed by atoms with van der Waals surface area (Å²) in [5, 5.41) is 8.40. The van der Waals surface area contributed by atoms with E-state index in [4.69, 9.17) is 5.26 Å². The first-order valence-corrected chi connectivity index (χ1v) is 7.56. The minimum atomic E-state index is -4.65. The summed E-state index contributed by atoms with van der Waals surface area (Å²) in [6.45, 7) is 0. The zero-order valence-corrected chi connectivity index (χ0v) is 12.6. The summed E-state index contributed by atoms with van der Waals surface area (Å²) < 4.78 is 40.3. The highest BCUT2D eigenvalue weighted by atomic mass is 19.4. The fourth-order valence-electron chi connectivity index (χ4n) is 2.91. The van der Waals surface area contributed by atoms with Crippen LogP contribution in [0.5, 0.6) is 5.75 Å². The number of alkyl halides is 3. The smallest absolute Gasteiger partial charge is 0.406 e. The van der Waals surface area contributed by atoms with Crippen molar-refractivity contribution in [3.63, 3.8) is 0 Å². The minimum Gasteiger partial charge on any atom is -0.406 e. The van der Waals surface area contributed by atoms with Crippen molar-refractivity contribution in [2.75, 3.05) is 0 Å². The maximum Gasteiger partial charge on any atom is 0.573 e. The van der Waals surface area contributed by atoms with Crippen LogP contribution in [0.15, 0.2) is 48.6 Å². The molecule has 0 heterocycles. The van der Waals surface area contributed by atoms with Crippen LogP contribution >= 0.6 is 0 Å². The van der Waals surface area contributed by atoms with Gasteiger partial charge in [0.05, 0.1) is 6.07 Å². The maximum atomic E-state index is 12.1. The van der Waals surface area contributed by atoms with E-state index in [2.05, 4.69) is 10.8 Å². The lowest BCUT2D eigenvalue weighted by Gasteiger charge is -2.27. The molecule has 23 heavy (non-hydrogen) atoms. The molecule has 0 spiro atoms. The zero-order valence-electron chi connectivity index (χ0n) is 12.6. The normalized spacial score (nSPS) is 22.3. The fourth-order valence-corrected chi connectivity index (χ4v) is 2.91. The third-order valence-corrected chi connectivity index (χ3v) is 4.02. The van der Waals surface area contributed by atoms with E-state index in [0.29, 0.717) is 11.8 Å². The van der Waals surface area contributed by atoms with Gasteiger partial charge in [0.1, 0.15) is 5.75 Å². The molecule has 2 rings (SSSR count). The Morgan fingerprint density at radius 1 is 1.04 bits per heavy atom. The molecule has 0 atom stereocenters. The number of hydrogen-bond acceptors (Lipinski definition) is 2. The van der Waals surface area contributed by atoms with E-state index < -0.39 is 6.36 Å². The predicted octanol–water partition coefficient (Wildman–Crippen LogP) is 5.49. The molecule has 0 saturated heterocycles. The Labute approximate surface area is 133 Å². The van der Waals surface area contributed by atoms with Gasteiger partial charge >= 0.3 is 6.36 Å². The van der Waals surface area contributed by atoms with E-state index in [0.717, 1.165) is 31.2 Å². The number of nitrogens with zero attached hydrogens (tertiary/aromatic N) is 1. The topological polar surface area (TPSA) is 33.0 Å². The van der Waals surface area contributed by atoms with E-state index in [1.54, 1.807) is 18.2 Å². The van der Waals surface area contributed by atoms with Crippen molar-refractivity contribution < 1.29 is 17.9 Å². The molecule has 5 heteroatoms. The Morgan fingerprint density at radius 2 is 1.70 bits per heavy atom. The molecular formula is C18H18F3NO. The van der Waals surface area contributed by atoms with Gasteiger partial charge in [0.25, 0.3) is 0 Å². The van der Waals surface area contributed by atoms with Gasteiger partial charge in [-0.15, -0.1) is 13.2 Å². The Morgan fingerprint density at radius 3 is 2.26 bits per heavy atom. The largest absolute Gasteiger partial charge is 0.573 e. The monoisotopic (exact) mass is 321 g/mol. The standard InChI is InChI=1S/C18H18F3NO/c19-18(20,21)23-17-11-9-16(10-12-17)15-7-5-14(6-8-15)4-2-1-3-13-22/h1-4,9-12,14-15H,5-8H2/t14-,15-. The lowest BCUT2D eigenvalue weighted by molar-refractivity contribution is -0.274. The molecule has 2 nitrogen and oxygen atoms in total. The van der Waals surface area contributed by atoms with Crippen molar-refractivity contribution >= 4 is 0 Å². The summed E-state index contributed by atoms with van der Waals surface area (Å²) in [4.78, 5) is 0. The third-order valence-electron chi connectivity index (χ3n) is 4.02. The van der Waals surface area contributed by atoms with Crippen LogP contribution in [0.3, 0.4) is 0 Å². The van der Waals surface area contributed by atoms with Gasteiger partial charge in [-0.2, -0.15) is 5.26 Å². The van der Waals surface area contributed by atoms with Crippen molar-refractivity contribution in [2.24, 2.45) is 5.92 Å². The molecule has 1 fully saturated rings. The quantitative estimate of drug-likeness (QED) is 0.542. The van der Waals surface area contributed by atoms with Crippen molar-refractivity contribution in [3.05, 3.63) is 54.1 Å². The van der Waals surface area contributed by atoms with Gasteiger partial charge in [-0.3, -0.25) is 0 Å². The Bertz CT molecular complexity index is 588. The highest BCUT2D eigenvalue weighted by molar-refractivity contribution is 5.30. The second kappa shape index (κ2) is 7.87. The Kier molecular flexibility index (Phi) is 5.86. The SMILES string of the molecule is N#CC=CC=C[C@H]1CC[C@H](c2ccc(OC(F)(F)F)cc2)CC1. The number of allylic oxidation sites excluding steroid dienone is 4. The number of benzene rings is 1. The van der Waals surface area contributed by atoms with E-state index in [-0.39, 0.29) is 5.75 Å². The molecule has 122 valence electrons. The molecule has 0 radical (unpaired) electrons. The highest BCUT2D eigenvalue weighted by Gasteiger charge is 2.31. The lowest BCUT2D eigenvalue weighted by Crippen LogP contribution is -2.17. The summed E-state index contributed by atoms with van der Waals surface area (Å²) in [7, 11) is 0. The Hall–Kier alpha value is -2.22. The first kappa shape index (κ1) is 17.1. The average molecular weight is 321 g/mol. The third kappa shape index (κ3) is 5.82. The van der Waals surface area contributed by atoms with Crippen LogP contribution in [-0.2, 0) is 0 Å². The first-order valence-electron chi connectivity index (χ1n) is 7.56. The molecule has 1 aliphatic rings. The van der Waals surface area contributed by atoms with Gasteiger partial charge < -0.3 is 4.74 Å². The van der Waals surface area contributed by atoms with Gasteiger partial charge in [0.15, 0.2) is 0 Å². The van der Waals surface area contributed by atoms with Crippen LogP contribution in [0.25, 0.3) is 0 Å². The van der Waals surface area contributed by atoms with Gasteiger partial charge in [-0.1, -0.05) is 30.4 Å². The summed E-state index contributed by atoms with van der Waals surface area (Å²) >= 11 is 0. The van der Waals surface area contributed by atoms with Crippen LogP contribution in [0.4, 0.5) is 13.2 Å². The molecule has 1 saturated carbocycles. The van der Waals surface area contributed by atoms with Crippen LogP contribution in [0.2, 0.25) is 0 Å². The van der Waals surface area contributed by atoms with Crippen LogP contribution < -0.4 is 4.74 Å². The number of rotatable bonds is 4. The summed E-state index contributed by atoms with van der Waals surface area (Å²) in [6, 6.07) is 8.13. The molecule has 1 aromatic rings. The summed E-state index contributed by atoms with van der Waals surface area (Å²) in [6.07, 6.45) is 6.64. The molecule has 1 aromatic carbocycles. The molecule has 1 aliphatic carbocycles. The fraction of sp³-hybridized carbons (Fsp3) is 0.389.